The van der Waals surface area contributed by atoms with E-state index in [1.54, 1.807) is 25.1 Å². The number of hydrogen-bond acceptors (Lipinski definition) is 2. The molecule has 0 bridgehead atoms. The van der Waals surface area contributed by atoms with Crippen LogP contribution in [0.4, 0.5) is 0 Å². The molecule has 1 atom stereocenters. The van der Waals surface area contributed by atoms with Gasteiger partial charge in [-0.25, -0.2) is 13.1 Å². The van der Waals surface area contributed by atoms with E-state index >= 15 is 0 Å². The minimum absolute atomic E-state index is 0.323. The van der Waals surface area contributed by atoms with Crippen molar-refractivity contribution < 1.29 is 8.42 Å². The second kappa shape index (κ2) is 6.18. The lowest BCUT2D eigenvalue weighted by Gasteiger charge is -2.16. The molecular weight excluding hydrogens is 306 g/mol. The molecule has 112 valence electrons. The molecule has 21 heavy (non-hydrogen) atoms. The standard InChI is InChI=1S/C16H18ClNO2S/c1-11-4-5-12(2)16(10-11)21(19,20)18-13(3)14-6-8-15(17)9-7-14/h4-10,13,18H,1-3H3/t13-/m0/s1. The zero-order valence-corrected chi connectivity index (χ0v) is 13.8. The van der Waals surface area contributed by atoms with E-state index in [1.165, 1.54) is 0 Å². The van der Waals surface area contributed by atoms with Crippen molar-refractivity contribution >= 4 is 21.6 Å². The molecule has 0 saturated heterocycles. The van der Waals surface area contributed by atoms with Gasteiger partial charge in [-0.15, -0.1) is 0 Å². The average Bonchev–Trinajstić information content (AvgIpc) is 2.41. The highest BCUT2D eigenvalue weighted by Crippen LogP contribution is 2.21. The molecule has 0 aliphatic carbocycles. The van der Waals surface area contributed by atoms with Crippen molar-refractivity contribution in [3.63, 3.8) is 0 Å². The lowest BCUT2D eigenvalue weighted by molar-refractivity contribution is 0.566. The Morgan fingerprint density at radius 1 is 1.05 bits per heavy atom. The van der Waals surface area contributed by atoms with Crippen molar-refractivity contribution in [2.24, 2.45) is 0 Å². The zero-order chi connectivity index (χ0) is 15.6. The van der Waals surface area contributed by atoms with Crippen molar-refractivity contribution in [3.05, 3.63) is 64.2 Å². The van der Waals surface area contributed by atoms with Crippen LogP contribution >= 0.6 is 11.6 Å². The van der Waals surface area contributed by atoms with Crippen LogP contribution in [0.2, 0.25) is 5.02 Å². The maximum Gasteiger partial charge on any atom is 0.241 e. The number of hydrogen-bond donors (Lipinski definition) is 1. The van der Waals surface area contributed by atoms with Gasteiger partial charge in [0.05, 0.1) is 4.90 Å². The molecule has 0 heterocycles. The highest BCUT2D eigenvalue weighted by molar-refractivity contribution is 7.89. The SMILES string of the molecule is Cc1ccc(C)c(S(=O)(=O)N[C@@H](C)c2ccc(Cl)cc2)c1. The predicted octanol–water partition coefficient (Wildman–Crippen LogP) is 4.00. The summed E-state index contributed by atoms with van der Waals surface area (Å²) in [6.45, 7) is 5.48. The summed E-state index contributed by atoms with van der Waals surface area (Å²) < 4.78 is 27.7. The van der Waals surface area contributed by atoms with E-state index in [-0.39, 0.29) is 6.04 Å². The highest BCUT2D eigenvalue weighted by atomic mass is 35.5. The van der Waals surface area contributed by atoms with Crippen molar-refractivity contribution in [1.82, 2.24) is 4.72 Å². The molecule has 0 spiro atoms. The number of halogens is 1. The van der Waals surface area contributed by atoms with E-state index in [2.05, 4.69) is 4.72 Å². The molecule has 3 nitrogen and oxygen atoms in total. The average molecular weight is 324 g/mol. The van der Waals surface area contributed by atoms with E-state index in [0.717, 1.165) is 16.7 Å². The summed E-state index contributed by atoms with van der Waals surface area (Å²) in [5.41, 5.74) is 2.52. The van der Waals surface area contributed by atoms with Crippen LogP contribution in [0.15, 0.2) is 47.4 Å². The number of rotatable bonds is 4. The largest absolute Gasteiger partial charge is 0.241 e. The summed E-state index contributed by atoms with van der Waals surface area (Å²) in [5, 5.41) is 0.628. The number of benzene rings is 2. The molecule has 0 amide bonds. The van der Waals surface area contributed by atoms with Crippen LogP contribution < -0.4 is 4.72 Å². The Balaban J connectivity index is 2.28. The summed E-state index contributed by atoms with van der Waals surface area (Å²) in [6.07, 6.45) is 0. The molecule has 0 saturated carbocycles. The van der Waals surface area contributed by atoms with Gasteiger partial charge >= 0.3 is 0 Å². The third kappa shape index (κ3) is 3.84. The molecule has 2 aromatic carbocycles. The van der Waals surface area contributed by atoms with E-state index in [0.29, 0.717) is 9.92 Å². The molecule has 2 aromatic rings. The van der Waals surface area contributed by atoms with E-state index in [1.807, 2.05) is 38.1 Å². The molecule has 2 rings (SSSR count). The van der Waals surface area contributed by atoms with Gasteiger partial charge in [0.1, 0.15) is 0 Å². The van der Waals surface area contributed by atoms with E-state index in [4.69, 9.17) is 11.6 Å². The maximum absolute atomic E-state index is 12.5. The fourth-order valence-electron chi connectivity index (χ4n) is 2.11. The van der Waals surface area contributed by atoms with Crippen molar-refractivity contribution in [1.29, 1.82) is 0 Å². The van der Waals surface area contributed by atoms with Gasteiger partial charge in [0.2, 0.25) is 10.0 Å². The zero-order valence-electron chi connectivity index (χ0n) is 12.2. The van der Waals surface area contributed by atoms with Gasteiger partial charge in [0.25, 0.3) is 0 Å². The summed E-state index contributed by atoms with van der Waals surface area (Å²) in [7, 11) is -3.55. The highest BCUT2D eigenvalue weighted by Gasteiger charge is 2.20. The number of nitrogens with one attached hydrogen (secondary N) is 1. The third-order valence-corrected chi connectivity index (χ3v) is 5.27. The predicted molar refractivity (Wildman–Crippen MR) is 86.1 cm³/mol. The van der Waals surface area contributed by atoms with Crippen LogP contribution in [0.25, 0.3) is 0 Å². The van der Waals surface area contributed by atoms with Gasteiger partial charge in [-0.3, -0.25) is 0 Å². The molecule has 1 N–H and O–H groups in total. The second-order valence-corrected chi connectivity index (χ2v) is 7.28. The smallest absolute Gasteiger partial charge is 0.207 e. The Kier molecular flexibility index (Phi) is 4.71. The first kappa shape index (κ1) is 16.0. The Hall–Kier alpha value is -1.36. The Morgan fingerprint density at radius 3 is 2.29 bits per heavy atom. The Morgan fingerprint density at radius 2 is 1.67 bits per heavy atom. The second-order valence-electron chi connectivity index (χ2n) is 5.16. The summed E-state index contributed by atoms with van der Waals surface area (Å²) >= 11 is 5.84. The molecule has 0 aliphatic rings. The molecule has 0 radical (unpaired) electrons. The van der Waals surface area contributed by atoms with Gasteiger partial charge in [-0.1, -0.05) is 35.9 Å². The van der Waals surface area contributed by atoms with Crippen LogP contribution in [0.1, 0.15) is 29.7 Å². The minimum Gasteiger partial charge on any atom is -0.207 e. The van der Waals surface area contributed by atoms with Gasteiger partial charge in [-0.05, 0) is 55.7 Å². The molecule has 0 unspecified atom stereocenters. The fourth-order valence-corrected chi connectivity index (χ4v) is 3.80. The fraction of sp³-hybridized carbons (Fsp3) is 0.250. The maximum atomic E-state index is 12.5. The first-order valence-corrected chi connectivity index (χ1v) is 8.51. The molecule has 0 aromatic heterocycles. The summed E-state index contributed by atoms with van der Waals surface area (Å²) in [4.78, 5) is 0.323. The minimum atomic E-state index is -3.55. The van der Waals surface area contributed by atoms with Gasteiger partial charge < -0.3 is 0 Å². The molecule has 0 aliphatic heterocycles. The topological polar surface area (TPSA) is 46.2 Å². The first-order valence-electron chi connectivity index (χ1n) is 6.64. The van der Waals surface area contributed by atoms with Gasteiger partial charge in [-0.2, -0.15) is 0 Å². The van der Waals surface area contributed by atoms with Crippen molar-refractivity contribution in [2.75, 3.05) is 0 Å². The Bertz CT molecular complexity index is 739. The molecular formula is C16H18ClNO2S. The first-order chi connectivity index (χ1) is 9.79. The molecule has 0 fully saturated rings. The number of aryl methyl sites for hydroxylation is 2. The van der Waals surface area contributed by atoms with Crippen LogP contribution in [0, 0.1) is 13.8 Å². The van der Waals surface area contributed by atoms with Crippen LogP contribution in [0.3, 0.4) is 0 Å². The van der Waals surface area contributed by atoms with Crippen LogP contribution in [0.5, 0.6) is 0 Å². The van der Waals surface area contributed by atoms with Crippen molar-refractivity contribution in [3.8, 4) is 0 Å². The normalized spacial score (nSPS) is 13.1. The van der Waals surface area contributed by atoms with Gasteiger partial charge in [0.15, 0.2) is 0 Å². The van der Waals surface area contributed by atoms with E-state index in [9.17, 15) is 8.42 Å². The Labute approximate surface area is 131 Å². The number of sulfonamides is 1. The van der Waals surface area contributed by atoms with Crippen molar-refractivity contribution in [2.45, 2.75) is 31.7 Å². The summed E-state index contributed by atoms with van der Waals surface area (Å²) in [5.74, 6) is 0. The van der Waals surface area contributed by atoms with Crippen LogP contribution in [-0.2, 0) is 10.0 Å². The van der Waals surface area contributed by atoms with E-state index < -0.39 is 10.0 Å². The monoisotopic (exact) mass is 323 g/mol. The van der Waals surface area contributed by atoms with Gasteiger partial charge in [0, 0.05) is 11.1 Å². The third-order valence-electron chi connectivity index (χ3n) is 3.34. The van der Waals surface area contributed by atoms with Crippen LogP contribution in [-0.4, -0.2) is 8.42 Å². The lowest BCUT2D eigenvalue weighted by atomic mass is 10.1. The summed E-state index contributed by atoms with van der Waals surface area (Å²) in [6, 6.07) is 12.2. The molecule has 5 heteroatoms. The quantitative estimate of drug-likeness (QED) is 0.924. The lowest BCUT2D eigenvalue weighted by Crippen LogP contribution is -2.27.